The number of hydrogen-bond donors (Lipinski definition) is 2. The van der Waals surface area contributed by atoms with Crippen molar-refractivity contribution in [2.75, 3.05) is 19.0 Å². The minimum atomic E-state index is 0.0461. The fourth-order valence-corrected chi connectivity index (χ4v) is 2.29. The van der Waals surface area contributed by atoms with Gasteiger partial charge >= 0.3 is 0 Å². The number of nitrogens with two attached hydrogens (primary N) is 1. The Labute approximate surface area is 122 Å². The van der Waals surface area contributed by atoms with Crippen LogP contribution in [0.5, 0.6) is 5.75 Å². The van der Waals surface area contributed by atoms with E-state index in [1.165, 1.54) is 0 Å². The third-order valence-electron chi connectivity index (χ3n) is 2.79. The van der Waals surface area contributed by atoms with Crippen molar-refractivity contribution in [2.45, 2.75) is 32.1 Å². The number of methoxy groups -OCH3 is 1. The molecule has 0 fully saturated rings. The van der Waals surface area contributed by atoms with Crippen LogP contribution in [0.25, 0.3) is 0 Å². The number of ether oxygens (including phenoxy) is 1. The van der Waals surface area contributed by atoms with Gasteiger partial charge in [0.1, 0.15) is 5.75 Å². The van der Waals surface area contributed by atoms with E-state index in [1.54, 1.807) is 7.11 Å². The molecule has 0 bridgehead atoms. The molecule has 5 heteroatoms. The van der Waals surface area contributed by atoms with Crippen LogP contribution in [0.15, 0.2) is 22.7 Å². The molecule has 0 saturated heterocycles. The number of nitrogens with one attached hydrogen (secondary N) is 1. The fourth-order valence-electron chi connectivity index (χ4n) is 1.75. The van der Waals surface area contributed by atoms with E-state index in [0.29, 0.717) is 6.42 Å². The zero-order valence-electron chi connectivity index (χ0n) is 11.2. The molecule has 0 spiro atoms. The smallest absolute Gasteiger partial charge is 0.224 e. The summed E-state index contributed by atoms with van der Waals surface area (Å²) < 4.78 is 5.97. The molecular weight excluding hydrogens is 308 g/mol. The van der Waals surface area contributed by atoms with Gasteiger partial charge in [0.2, 0.25) is 5.91 Å². The van der Waals surface area contributed by atoms with Crippen molar-refractivity contribution < 1.29 is 9.53 Å². The highest BCUT2D eigenvalue weighted by Gasteiger charge is 2.05. The molecule has 4 nitrogen and oxygen atoms in total. The number of hydrogen-bond acceptors (Lipinski definition) is 3. The van der Waals surface area contributed by atoms with Crippen molar-refractivity contribution in [1.29, 1.82) is 0 Å². The molecule has 106 valence electrons. The second-order valence-electron chi connectivity index (χ2n) is 4.35. The maximum Gasteiger partial charge on any atom is 0.224 e. The molecule has 0 radical (unpaired) electrons. The van der Waals surface area contributed by atoms with E-state index in [-0.39, 0.29) is 5.91 Å². The highest BCUT2D eigenvalue weighted by Crippen LogP contribution is 2.27. The predicted octanol–water partition coefficient (Wildman–Crippen LogP) is 3.31. The van der Waals surface area contributed by atoms with Crippen LogP contribution >= 0.6 is 15.9 Å². The third-order valence-corrected chi connectivity index (χ3v) is 3.41. The summed E-state index contributed by atoms with van der Waals surface area (Å²) in [5.74, 6) is 0.796. The van der Waals surface area contributed by atoms with Gasteiger partial charge in [-0.2, -0.15) is 0 Å². The van der Waals surface area contributed by atoms with Gasteiger partial charge in [0, 0.05) is 12.1 Å². The quantitative estimate of drug-likeness (QED) is 0.719. The first kappa shape index (κ1) is 16.0. The molecule has 0 aliphatic heterocycles. The number of carbonyl (C=O) groups excluding carboxylic acids is 1. The van der Waals surface area contributed by atoms with Gasteiger partial charge in [0.05, 0.1) is 11.6 Å². The standard InChI is InChI=1S/C14H21BrN2O2/c1-19-13-8-7-11(10-12(13)15)17-14(18)6-4-2-3-5-9-16/h7-8,10H,2-6,9,16H2,1H3,(H,17,18). The zero-order valence-corrected chi connectivity index (χ0v) is 12.8. The van der Waals surface area contributed by atoms with Crippen LogP contribution in [0.3, 0.4) is 0 Å². The van der Waals surface area contributed by atoms with Crippen LogP contribution < -0.4 is 15.8 Å². The number of halogens is 1. The van der Waals surface area contributed by atoms with Crippen LogP contribution in [0, 0.1) is 0 Å². The van der Waals surface area contributed by atoms with E-state index in [0.717, 1.165) is 48.1 Å². The first-order valence-corrected chi connectivity index (χ1v) is 7.30. The van der Waals surface area contributed by atoms with Gasteiger partial charge in [-0.3, -0.25) is 4.79 Å². The summed E-state index contributed by atoms with van der Waals surface area (Å²) in [4.78, 5) is 11.7. The molecule has 0 atom stereocenters. The Hall–Kier alpha value is -1.07. The molecule has 0 unspecified atom stereocenters. The van der Waals surface area contributed by atoms with E-state index in [2.05, 4.69) is 21.2 Å². The highest BCUT2D eigenvalue weighted by molar-refractivity contribution is 9.10. The Morgan fingerprint density at radius 3 is 2.68 bits per heavy atom. The first-order chi connectivity index (χ1) is 9.17. The topological polar surface area (TPSA) is 64.3 Å². The van der Waals surface area contributed by atoms with Crippen molar-refractivity contribution in [1.82, 2.24) is 0 Å². The maximum absolute atomic E-state index is 11.7. The minimum absolute atomic E-state index is 0.0461. The van der Waals surface area contributed by atoms with Crippen molar-refractivity contribution in [2.24, 2.45) is 5.73 Å². The third kappa shape index (κ3) is 6.07. The molecule has 1 amide bonds. The molecule has 0 aliphatic rings. The van der Waals surface area contributed by atoms with E-state index in [9.17, 15) is 4.79 Å². The van der Waals surface area contributed by atoms with Crippen molar-refractivity contribution in [3.05, 3.63) is 22.7 Å². The van der Waals surface area contributed by atoms with Crippen molar-refractivity contribution in [3.8, 4) is 5.75 Å². The Morgan fingerprint density at radius 2 is 2.05 bits per heavy atom. The minimum Gasteiger partial charge on any atom is -0.496 e. The summed E-state index contributed by atoms with van der Waals surface area (Å²) in [5.41, 5.74) is 6.19. The number of benzene rings is 1. The zero-order chi connectivity index (χ0) is 14.1. The number of anilines is 1. The monoisotopic (exact) mass is 328 g/mol. The molecule has 3 N–H and O–H groups in total. The summed E-state index contributed by atoms with van der Waals surface area (Å²) in [6.45, 7) is 0.728. The van der Waals surface area contributed by atoms with Gasteiger partial charge in [-0.05, 0) is 53.5 Å². The summed E-state index contributed by atoms with van der Waals surface area (Å²) in [5, 5.41) is 2.88. The SMILES string of the molecule is COc1ccc(NC(=O)CCCCCCN)cc1Br. The first-order valence-electron chi connectivity index (χ1n) is 6.51. The Morgan fingerprint density at radius 1 is 1.32 bits per heavy atom. The van der Waals surface area contributed by atoms with Gasteiger partial charge in [-0.1, -0.05) is 12.8 Å². The average molecular weight is 329 g/mol. The van der Waals surface area contributed by atoms with Gasteiger partial charge in [-0.15, -0.1) is 0 Å². The predicted molar refractivity (Wildman–Crippen MR) is 81.5 cm³/mol. The van der Waals surface area contributed by atoms with Crippen LogP contribution in [0.1, 0.15) is 32.1 Å². The average Bonchev–Trinajstić information content (AvgIpc) is 2.39. The second kappa shape index (κ2) is 8.93. The van der Waals surface area contributed by atoms with E-state index >= 15 is 0 Å². The lowest BCUT2D eigenvalue weighted by Gasteiger charge is -2.08. The highest BCUT2D eigenvalue weighted by atomic mass is 79.9. The van der Waals surface area contributed by atoms with Crippen LogP contribution in [-0.4, -0.2) is 19.6 Å². The van der Waals surface area contributed by atoms with Gasteiger partial charge in [0.15, 0.2) is 0 Å². The lowest BCUT2D eigenvalue weighted by molar-refractivity contribution is -0.116. The molecule has 0 aromatic heterocycles. The maximum atomic E-state index is 11.7. The summed E-state index contributed by atoms with van der Waals surface area (Å²) >= 11 is 3.39. The normalized spacial score (nSPS) is 10.3. The lowest BCUT2D eigenvalue weighted by atomic mass is 10.1. The largest absolute Gasteiger partial charge is 0.496 e. The molecule has 1 aromatic rings. The molecule has 0 heterocycles. The van der Waals surface area contributed by atoms with Crippen LogP contribution in [0.4, 0.5) is 5.69 Å². The summed E-state index contributed by atoms with van der Waals surface area (Å²) in [6.07, 6.45) is 4.64. The molecule has 1 aromatic carbocycles. The van der Waals surface area contributed by atoms with E-state index in [4.69, 9.17) is 10.5 Å². The summed E-state index contributed by atoms with van der Waals surface area (Å²) in [6, 6.07) is 5.49. The van der Waals surface area contributed by atoms with Crippen molar-refractivity contribution >= 4 is 27.5 Å². The fraction of sp³-hybridized carbons (Fsp3) is 0.500. The molecule has 19 heavy (non-hydrogen) atoms. The number of unbranched alkanes of at least 4 members (excludes halogenated alkanes) is 3. The van der Waals surface area contributed by atoms with Crippen molar-refractivity contribution in [3.63, 3.8) is 0 Å². The van der Waals surface area contributed by atoms with E-state index < -0.39 is 0 Å². The summed E-state index contributed by atoms with van der Waals surface area (Å²) in [7, 11) is 1.61. The molecule has 0 saturated carbocycles. The molecular formula is C14H21BrN2O2. The Bertz CT molecular complexity index is 410. The number of rotatable bonds is 8. The molecule has 1 rings (SSSR count). The van der Waals surface area contributed by atoms with E-state index in [1.807, 2.05) is 18.2 Å². The Kier molecular flexibility index (Phi) is 7.52. The Balaban J connectivity index is 2.34. The molecule has 0 aliphatic carbocycles. The van der Waals surface area contributed by atoms with Gasteiger partial charge in [0.25, 0.3) is 0 Å². The number of amides is 1. The van der Waals surface area contributed by atoms with Gasteiger partial charge in [-0.25, -0.2) is 0 Å². The lowest BCUT2D eigenvalue weighted by Crippen LogP contribution is -2.11. The van der Waals surface area contributed by atoms with Gasteiger partial charge < -0.3 is 15.8 Å². The second-order valence-corrected chi connectivity index (χ2v) is 5.20. The van der Waals surface area contributed by atoms with Crippen LogP contribution in [-0.2, 0) is 4.79 Å². The number of carbonyl (C=O) groups is 1. The van der Waals surface area contributed by atoms with Crippen LogP contribution in [0.2, 0.25) is 0 Å².